The highest BCUT2D eigenvalue weighted by molar-refractivity contribution is 5.98. The SMILES string of the molecule is O=C(O)CN(CC1CC1)C(=O)c1ccc2n[nH]nc2c1. The first-order valence-electron chi connectivity index (χ1n) is 6.45. The lowest BCUT2D eigenvalue weighted by Gasteiger charge is -2.20. The number of carbonyl (C=O) groups excluding carboxylic acids is 1. The Morgan fingerprint density at radius 2 is 2.05 bits per heavy atom. The van der Waals surface area contributed by atoms with Crippen LogP contribution in [0, 0.1) is 5.92 Å². The topological polar surface area (TPSA) is 99.2 Å². The summed E-state index contributed by atoms with van der Waals surface area (Å²) in [6.07, 6.45) is 2.12. The third kappa shape index (κ3) is 2.61. The van der Waals surface area contributed by atoms with Crippen LogP contribution in [0.1, 0.15) is 23.2 Å². The molecule has 104 valence electrons. The number of nitrogens with one attached hydrogen (secondary N) is 1. The van der Waals surface area contributed by atoms with Gasteiger partial charge in [-0.25, -0.2) is 0 Å². The van der Waals surface area contributed by atoms with Crippen molar-refractivity contribution < 1.29 is 14.7 Å². The first-order valence-corrected chi connectivity index (χ1v) is 6.45. The fourth-order valence-corrected chi connectivity index (χ4v) is 2.15. The van der Waals surface area contributed by atoms with Gasteiger partial charge in [0, 0.05) is 12.1 Å². The Bertz CT molecular complexity index is 662. The normalized spacial score (nSPS) is 14.4. The van der Waals surface area contributed by atoms with Gasteiger partial charge in [0.2, 0.25) is 0 Å². The summed E-state index contributed by atoms with van der Waals surface area (Å²) in [4.78, 5) is 24.7. The van der Waals surface area contributed by atoms with Crippen LogP contribution < -0.4 is 0 Å². The second kappa shape index (κ2) is 4.92. The van der Waals surface area contributed by atoms with E-state index in [0.717, 1.165) is 12.8 Å². The number of fused-ring (bicyclic) bond motifs is 1. The van der Waals surface area contributed by atoms with Gasteiger partial charge in [0.05, 0.1) is 0 Å². The van der Waals surface area contributed by atoms with Gasteiger partial charge in [-0.15, -0.1) is 0 Å². The number of aromatic amines is 1. The average molecular weight is 274 g/mol. The zero-order valence-electron chi connectivity index (χ0n) is 10.7. The van der Waals surface area contributed by atoms with Crippen molar-refractivity contribution in [2.24, 2.45) is 5.92 Å². The van der Waals surface area contributed by atoms with E-state index in [2.05, 4.69) is 15.4 Å². The van der Waals surface area contributed by atoms with Crippen LogP contribution in [-0.2, 0) is 4.79 Å². The molecule has 1 aliphatic carbocycles. The molecule has 0 unspecified atom stereocenters. The maximum Gasteiger partial charge on any atom is 0.323 e. The Labute approximate surface area is 114 Å². The summed E-state index contributed by atoms with van der Waals surface area (Å²) in [5.41, 5.74) is 1.71. The minimum absolute atomic E-state index is 0.272. The Kier molecular flexibility index (Phi) is 3.09. The summed E-state index contributed by atoms with van der Waals surface area (Å²) in [5, 5.41) is 19.3. The number of hydrogen-bond donors (Lipinski definition) is 2. The van der Waals surface area contributed by atoms with Gasteiger partial charge >= 0.3 is 5.97 Å². The second-order valence-corrected chi connectivity index (χ2v) is 5.05. The molecule has 3 rings (SSSR count). The number of hydrogen-bond acceptors (Lipinski definition) is 4. The van der Waals surface area contributed by atoms with Gasteiger partial charge in [0.1, 0.15) is 17.6 Å². The van der Waals surface area contributed by atoms with Crippen molar-refractivity contribution in [3.05, 3.63) is 23.8 Å². The van der Waals surface area contributed by atoms with Crippen molar-refractivity contribution in [2.75, 3.05) is 13.1 Å². The number of aromatic nitrogens is 3. The van der Waals surface area contributed by atoms with E-state index in [1.165, 1.54) is 4.90 Å². The number of benzene rings is 1. The first kappa shape index (κ1) is 12.6. The van der Waals surface area contributed by atoms with E-state index in [1.807, 2.05) is 0 Å². The van der Waals surface area contributed by atoms with Gasteiger partial charge in [0.15, 0.2) is 0 Å². The highest BCUT2D eigenvalue weighted by Crippen LogP contribution is 2.30. The van der Waals surface area contributed by atoms with Crippen molar-refractivity contribution in [2.45, 2.75) is 12.8 Å². The molecule has 0 spiro atoms. The maximum atomic E-state index is 12.4. The first-order chi connectivity index (χ1) is 9.63. The molecule has 0 saturated heterocycles. The molecule has 2 N–H and O–H groups in total. The number of carboxylic acids is 1. The molecule has 1 fully saturated rings. The van der Waals surface area contributed by atoms with E-state index in [0.29, 0.717) is 29.1 Å². The van der Waals surface area contributed by atoms with Crippen LogP contribution >= 0.6 is 0 Å². The van der Waals surface area contributed by atoms with Crippen molar-refractivity contribution in [1.82, 2.24) is 20.3 Å². The summed E-state index contributed by atoms with van der Waals surface area (Å²) in [6, 6.07) is 4.97. The Balaban J connectivity index is 1.84. The second-order valence-electron chi connectivity index (χ2n) is 5.05. The van der Waals surface area contributed by atoms with E-state index >= 15 is 0 Å². The van der Waals surface area contributed by atoms with Gasteiger partial charge in [-0.05, 0) is 37.0 Å². The van der Waals surface area contributed by atoms with Crippen molar-refractivity contribution in [1.29, 1.82) is 0 Å². The molecule has 1 aromatic carbocycles. The van der Waals surface area contributed by atoms with Crippen LogP contribution in [0.25, 0.3) is 11.0 Å². The fourth-order valence-electron chi connectivity index (χ4n) is 2.15. The summed E-state index contributed by atoms with van der Waals surface area (Å²) in [6.45, 7) is 0.230. The third-order valence-electron chi connectivity index (χ3n) is 3.35. The minimum Gasteiger partial charge on any atom is -0.480 e. The number of aliphatic carboxylic acids is 1. The molecule has 0 radical (unpaired) electrons. The number of nitrogens with zero attached hydrogens (tertiary/aromatic N) is 3. The largest absolute Gasteiger partial charge is 0.480 e. The molecule has 1 aliphatic rings. The van der Waals surface area contributed by atoms with Crippen molar-refractivity contribution >= 4 is 22.9 Å². The molecule has 0 bridgehead atoms. The van der Waals surface area contributed by atoms with Gasteiger partial charge in [-0.2, -0.15) is 15.4 Å². The van der Waals surface area contributed by atoms with Gasteiger partial charge in [0.25, 0.3) is 5.91 Å². The Morgan fingerprint density at radius 1 is 1.30 bits per heavy atom. The molecule has 0 atom stereocenters. The van der Waals surface area contributed by atoms with Crippen molar-refractivity contribution in [3.63, 3.8) is 0 Å². The minimum atomic E-state index is -0.999. The van der Waals surface area contributed by atoms with E-state index in [1.54, 1.807) is 18.2 Å². The molecular weight excluding hydrogens is 260 g/mol. The zero-order valence-corrected chi connectivity index (χ0v) is 10.7. The van der Waals surface area contributed by atoms with Crippen LogP contribution in [0.15, 0.2) is 18.2 Å². The van der Waals surface area contributed by atoms with E-state index in [4.69, 9.17) is 5.11 Å². The molecule has 7 heteroatoms. The molecule has 7 nitrogen and oxygen atoms in total. The van der Waals surface area contributed by atoms with E-state index in [9.17, 15) is 9.59 Å². The molecule has 20 heavy (non-hydrogen) atoms. The van der Waals surface area contributed by atoms with Crippen LogP contribution in [0.2, 0.25) is 0 Å². The Hall–Kier alpha value is -2.44. The van der Waals surface area contributed by atoms with Crippen LogP contribution in [0.5, 0.6) is 0 Å². The quantitative estimate of drug-likeness (QED) is 0.843. The number of H-pyrrole nitrogens is 1. The lowest BCUT2D eigenvalue weighted by Crippen LogP contribution is -2.37. The van der Waals surface area contributed by atoms with Crippen LogP contribution in [0.4, 0.5) is 0 Å². The highest BCUT2D eigenvalue weighted by atomic mass is 16.4. The number of carboxylic acid groups (broad SMARTS) is 1. The molecule has 1 aromatic heterocycles. The zero-order chi connectivity index (χ0) is 14.1. The maximum absolute atomic E-state index is 12.4. The highest BCUT2D eigenvalue weighted by Gasteiger charge is 2.28. The van der Waals surface area contributed by atoms with Crippen LogP contribution in [0.3, 0.4) is 0 Å². The van der Waals surface area contributed by atoms with Gasteiger partial charge in [-0.3, -0.25) is 9.59 Å². The van der Waals surface area contributed by atoms with Crippen LogP contribution in [-0.4, -0.2) is 50.4 Å². The predicted molar refractivity (Wildman–Crippen MR) is 70.2 cm³/mol. The average Bonchev–Trinajstić information content (AvgIpc) is 3.11. The van der Waals surface area contributed by atoms with E-state index in [-0.39, 0.29) is 12.5 Å². The molecule has 1 amide bonds. The standard InChI is InChI=1S/C13H14N4O3/c18-12(19)7-17(6-8-1-2-8)13(20)9-3-4-10-11(5-9)15-16-14-10/h3-5,8H,1-2,6-7H2,(H,18,19)(H,14,15,16). The molecule has 1 saturated carbocycles. The summed E-state index contributed by atoms with van der Waals surface area (Å²) < 4.78 is 0. The molecule has 1 heterocycles. The number of carbonyl (C=O) groups is 2. The van der Waals surface area contributed by atoms with E-state index < -0.39 is 5.97 Å². The summed E-state index contributed by atoms with van der Waals surface area (Å²) >= 11 is 0. The lowest BCUT2D eigenvalue weighted by molar-refractivity contribution is -0.137. The number of amides is 1. The van der Waals surface area contributed by atoms with Gasteiger partial charge in [-0.1, -0.05) is 0 Å². The monoisotopic (exact) mass is 274 g/mol. The summed E-state index contributed by atoms with van der Waals surface area (Å²) in [5.74, 6) is -0.834. The molecule has 0 aliphatic heterocycles. The lowest BCUT2D eigenvalue weighted by atomic mass is 10.1. The molecule has 2 aromatic rings. The number of rotatable bonds is 5. The fraction of sp³-hybridized carbons (Fsp3) is 0.385. The third-order valence-corrected chi connectivity index (χ3v) is 3.35. The van der Waals surface area contributed by atoms with Gasteiger partial charge < -0.3 is 10.0 Å². The van der Waals surface area contributed by atoms with Crippen molar-refractivity contribution in [3.8, 4) is 0 Å². The Morgan fingerprint density at radius 3 is 2.75 bits per heavy atom. The predicted octanol–water partition coefficient (Wildman–Crippen LogP) is 0.895. The smallest absolute Gasteiger partial charge is 0.323 e. The molecular formula is C13H14N4O3. The summed E-state index contributed by atoms with van der Waals surface area (Å²) in [7, 11) is 0.